The highest BCUT2D eigenvalue weighted by Crippen LogP contribution is 2.14. The van der Waals surface area contributed by atoms with Gasteiger partial charge in [-0.1, -0.05) is 27.7 Å². The van der Waals surface area contributed by atoms with Gasteiger partial charge in [0, 0.05) is 0 Å². The Morgan fingerprint density at radius 1 is 1.00 bits per heavy atom. The lowest BCUT2D eigenvalue weighted by atomic mass is 9.96. The van der Waals surface area contributed by atoms with E-state index >= 15 is 0 Å². The van der Waals surface area contributed by atoms with Gasteiger partial charge < -0.3 is 4.74 Å². The maximum absolute atomic E-state index is 6.72. The lowest BCUT2D eigenvalue weighted by Crippen LogP contribution is -2.23. The van der Waals surface area contributed by atoms with Gasteiger partial charge in [-0.25, -0.2) is 0 Å². The van der Waals surface area contributed by atoms with Gasteiger partial charge in [-0.2, -0.15) is 0 Å². The van der Waals surface area contributed by atoms with Crippen LogP contribution in [-0.2, 0) is 4.74 Å². The Morgan fingerprint density at radius 2 is 1.33 bits per heavy atom. The van der Waals surface area contributed by atoms with E-state index in [0.29, 0.717) is 11.8 Å². The standard InChI is InChI=1S/C8H15O/c1-6(2)8(9-5)7(3)4/h6-8H,1-4H3. The van der Waals surface area contributed by atoms with Gasteiger partial charge in [-0.15, -0.1) is 0 Å². The predicted molar refractivity (Wildman–Crippen MR) is 37.8 cm³/mol. The molecule has 0 heterocycles. The van der Waals surface area contributed by atoms with Crippen LogP contribution in [0.4, 0.5) is 0 Å². The van der Waals surface area contributed by atoms with E-state index in [9.17, 15) is 0 Å². The van der Waals surface area contributed by atoms with Gasteiger partial charge in [0.05, 0.1) is 6.10 Å². The van der Waals surface area contributed by atoms with Crippen molar-refractivity contribution in [2.24, 2.45) is 11.8 Å². The van der Waals surface area contributed by atoms with Crippen molar-refractivity contribution in [3.63, 3.8) is 0 Å². The summed E-state index contributed by atoms with van der Waals surface area (Å²) in [6.45, 7) is 8.27. The first-order chi connectivity index (χ1) is 4.09. The molecule has 0 bridgehead atoms. The maximum Gasteiger partial charge on any atom is 0.173 e. The molecule has 0 aliphatic rings. The maximum atomic E-state index is 6.72. The number of hydrogen-bond acceptors (Lipinski definition) is 1. The largest absolute Gasteiger partial charge is 0.361 e. The van der Waals surface area contributed by atoms with Crippen molar-refractivity contribution >= 4 is 0 Å². The monoisotopic (exact) mass is 127 g/mol. The average molecular weight is 127 g/mol. The van der Waals surface area contributed by atoms with E-state index in [2.05, 4.69) is 32.4 Å². The fourth-order valence-corrected chi connectivity index (χ4v) is 1.04. The van der Waals surface area contributed by atoms with Crippen molar-refractivity contribution in [1.82, 2.24) is 0 Å². The molecule has 1 nitrogen and oxygen atoms in total. The summed E-state index contributed by atoms with van der Waals surface area (Å²) in [5.41, 5.74) is 0. The third-order valence-corrected chi connectivity index (χ3v) is 1.45. The number of ether oxygens (including phenoxy) is 1. The van der Waals surface area contributed by atoms with Gasteiger partial charge in [-0.3, -0.25) is 0 Å². The van der Waals surface area contributed by atoms with E-state index in [1.165, 1.54) is 0 Å². The fourth-order valence-electron chi connectivity index (χ4n) is 1.04. The molecule has 3 radical (unpaired) electrons. The molecule has 53 valence electrons. The lowest BCUT2D eigenvalue weighted by Gasteiger charge is -2.21. The Kier molecular flexibility index (Phi) is 3.87. The molecular formula is C8H15O. The highest BCUT2D eigenvalue weighted by molar-refractivity contribution is 4.65. The number of hydrogen-bond donors (Lipinski definition) is 0. The van der Waals surface area contributed by atoms with Gasteiger partial charge in [0.25, 0.3) is 0 Å². The zero-order chi connectivity index (χ0) is 7.44. The summed E-state index contributed by atoms with van der Waals surface area (Å²) in [6.07, 6.45) is 0.0880. The quantitative estimate of drug-likeness (QED) is 0.565. The summed E-state index contributed by atoms with van der Waals surface area (Å²) in [6, 6.07) is 0. The molecule has 0 aromatic rings. The minimum absolute atomic E-state index is 0.0880. The lowest BCUT2D eigenvalue weighted by molar-refractivity contribution is 0.0556. The minimum atomic E-state index is 0.0880. The molecule has 0 amide bonds. The van der Waals surface area contributed by atoms with Crippen molar-refractivity contribution in [1.29, 1.82) is 0 Å². The van der Waals surface area contributed by atoms with Gasteiger partial charge in [-0.05, 0) is 11.8 Å². The predicted octanol–water partition coefficient (Wildman–Crippen LogP) is 2.23. The van der Waals surface area contributed by atoms with Crippen molar-refractivity contribution < 1.29 is 4.74 Å². The van der Waals surface area contributed by atoms with E-state index in [-0.39, 0.29) is 6.10 Å². The molecule has 9 heavy (non-hydrogen) atoms. The second-order valence-corrected chi connectivity index (χ2v) is 3.07. The SMILES string of the molecule is [C]OC(C(C)C)C(C)C. The fraction of sp³-hybridized carbons (Fsp3) is 0.875. The van der Waals surface area contributed by atoms with Crippen LogP contribution in [0, 0.1) is 18.9 Å². The van der Waals surface area contributed by atoms with Crippen LogP contribution in [0.3, 0.4) is 0 Å². The second-order valence-electron chi connectivity index (χ2n) is 3.07. The molecule has 0 saturated heterocycles. The average Bonchev–Trinajstić information content (AvgIpc) is 1.64. The van der Waals surface area contributed by atoms with Gasteiger partial charge in [0.1, 0.15) is 0 Å². The van der Waals surface area contributed by atoms with Gasteiger partial charge in [0.15, 0.2) is 7.11 Å². The summed E-state index contributed by atoms with van der Waals surface area (Å²) in [5.74, 6) is 0.894. The van der Waals surface area contributed by atoms with Crippen LogP contribution in [0.1, 0.15) is 27.7 Å². The Morgan fingerprint density at radius 3 is 1.33 bits per heavy atom. The number of rotatable bonds is 3. The first-order valence-corrected chi connectivity index (χ1v) is 3.42. The van der Waals surface area contributed by atoms with E-state index in [1.54, 1.807) is 0 Å². The molecular weight excluding hydrogens is 112 g/mol. The highest BCUT2D eigenvalue weighted by Gasteiger charge is 2.15. The molecule has 0 fully saturated rings. The summed E-state index contributed by atoms with van der Waals surface area (Å²) in [7, 11) is 6.72. The zero-order valence-electron chi connectivity index (χ0n) is 6.64. The van der Waals surface area contributed by atoms with Crippen LogP contribution in [0.15, 0.2) is 0 Å². The molecule has 0 aliphatic carbocycles. The molecule has 0 N–H and O–H groups in total. The minimum Gasteiger partial charge on any atom is -0.361 e. The van der Waals surface area contributed by atoms with Crippen LogP contribution in [-0.4, -0.2) is 6.10 Å². The van der Waals surface area contributed by atoms with Crippen molar-refractivity contribution in [2.45, 2.75) is 33.8 Å². The Hall–Kier alpha value is -0.0400. The first kappa shape index (κ1) is 8.96. The van der Waals surface area contributed by atoms with E-state index in [1.807, 2.05) is 0 Å². The summed E-state index contributed by atoms with van der Waals surface area (Å²) < 4.78 is 4.52. The third-order valence-electron chi connectivity index (χ3n) is 1.45. The summed E-state index contributed by atoms with van der Waals surface area (Å²) in [5, 5.41) is 0. The molecule has 0 unspecified atom stereocenters. The van der Waals surface area contributed by atoms with Crippen molar-refractivity contribution in [3.05, 3.63) is 7.11 Å². The summed E-state index contributed by atoms with van der Waals surface area (Å²) in [4.78, 5) is 0. The van der Waals surface area contributed by atoms with Crippen LogP contribution in [0.2, 0.25) is 0 Å². The molecule has 0 aliphatic heterocycles. The van der Waals surface area contributed by atoms with Crippen molar-refractivity contribution in [3.8, 4) is 0 Å². The summed E-state index contributed by atoms with van der Waals surface area (Å²) >= 11 is 0. The first-order valence-electron chi connectivity index (χ1n) is 3.42. The van der Waals surface area contributed by atoms with E-state index in [4.69, 9.17) is 7.11 Å². The zero-order valence-corrected chi connectivity index (χ0v) is 6.64. The molecule has 0 rings (SSSR count). The van der Waals surface area contributed by atoms with Gasteiger partial charge in [0.2, 0.25) is 0 Å². The van der Waals surface area contributed by atoms with Crippen LogP contribution >= 0.6 is 0 Å². The molecule has 0 aromatic carbocycles. The van der Waals surface area contributed by atoms with E-state index in [0.717, 1.165) is 0 Å². The van der Waals surface area contributed by atoms with Crippen LogP contribution in [0.5, 0.6) is 0 Å². The molecule has 0 saturated carbocycles. The van der Waals surface area contributed by atoms with Crippen LogP contribution in [0.25, 0.3) is 0 Å². The smallest absolute Gasteiger partial charge is 0.173 e. The van der Waals surface area contributed by atoms with E-state index < -0.39 is 0 Å². The van der Waals surface area contributed by atoms with Gasteiger partial charge >= 0.3 is 0 Å². The normalized spacial score (nSPS) is 12.0. The Bertz CT molecular complexity index is 59.0. The molecule has 0 spiro atoms. The Balaban J connectivity index is 3.68. The molecule has 0 atom stereocenters. The highest BCUT2D eigenvalue weighted by atomic mass is 16.5. The topological polar surface area (TPSA) is 9.23 Å². The Labute approximate surface area is 58.4 Å². The van der Waals surface area contributed by atoms with Crippen molar-refractivity contribution in [2.75, 3.05) is 0 Å². The van der Waals surface area contributed by atoms with Crippen LogP contribution < -0.4 is 0 Å². The second kappa shape index (κ2) is 3.89. The molecule has 0 aromatic heterocycles. The third kappa shape index (κ3) is 2.85. The molecule has 1 heteroatoms.